The zero-order valence-corrected chi connectivity index (χ0v) is 20.3. The summed E-state index contributed by atoms with van der Waals surface area (Å²) < 4.78 is 43.0. The maximum Gasteiger partial charge on any atom is 0.416 e. The maximum absolute atomic E-state index is 12.6. The number of alkyl halides is 3. The van der Waals surface area contributed by atoms with Gasteiger partial charge in [-0.15, -0.1) is 24.0 Å². The van der Waals surface area contributed by atoms with Gasteiger partial charge in [-0.2, -0.15) is 13.2 Å². The SMILES string of the molecule is CN=C(NCC#Cc1ccc(C(F)(F)F)cc1)N1CC[C@@H](NC(=O)OC(C)(C)C)C1.I. The van der Waals surface area contributed by atoms with Crippen LogP contribution >= 0.6 is 24.0 Å². The van der Waals surface area contributed by atoms with Crippen molar-refractivity contribution in [2.45, 2.75) is 45.0 Å². The molecule has 0 saturated carbocycles. The van der Waals surface area contributed by atoms with E-state index in [1.54, 1.807) is 7.05 Å². The van der Waals surface area contributed by atoms with E-state index < -0.39 is 23.4 Å². The van der Waals surface area contributed by atoms with E-state index in [2.05, 4.69) is 27.5 Å². The standard InChI is InChI=1S/C21H27F3N4O2.HI/c1-20(2,3)30-19(29)27-17-11-13-28(14-17)18(25-4)26-12-5-6-15-7-9-16(10-8-15)21(22,23)24;/h7-10,17H,11-14H2,1-4H3,(H,25,26)(H,27,29);1H/t17-;/m1./s1. The summed E-state index contributed by atoms with van der Waals surface area (Å²) in [6, 6.07) is 4.67. The molecular formula is C21H28F3IN4O2. The van der Waals surface area contributed by atoms with Gasteiger partial charge in [0, 0.05) is 25.7 Å². The predicted molar refractivity (Wildman–Crippen MR) is 124 cm³/mol. The molecule has 2 N–H and O–H groups in total. The van der Waals surface area contributed by atoms with Gasteiger partial charge in [0.25, 0.3) is 0 Å². The number of alkyl carbamates (subject to hydrolysis) is 1. The number of ether oxygens (including phenoxy) is 1. The molecule has 1 aromatic carbocycles. The van der Waals surface area contributed by atoms with Gasteiger partial charge >= 0.3 is 12.3 Å². The number of nitrogens with zero attached hydrogens (tertiary/aromatic N) is 2. The number of amides is 1. The van der Waals surface area contributed by atoms with E-state index in [1.807, 2.05) is 25.7 Å². The molecule has 1 aliphatic heterocycles. The zero-order valence-electron chi connectivity index (χ0n) is 18.0. The monoisotopic (exact) mass is 552 g/mol. The summed E-state index contributed by atoms with van der Waals surface area (Å²) in [5, 5.41) is 5.96. The van der Waals surface area contributed by atoms with Crippen LogP contribution in [0.2, 0.25) is 0 Å². The lowest BCUT2D eigenvalue weighted by Crippen LogP contribution is -2.44. The normalized spacial score (nSPS) is 16.7. The van der Waals surface area contributed by atoms with Crippen molar-refractivity contribution in [3.63, 3.8) is 0 Å². The van der Waals surface area contributed by atoms with Gasteiger partial charge in [-0.05, 0) is 51.5 Å². The van der Waals surface area contributed by atoms with Gasteiger partial charge in [0.15, 0.2) is 5.96 Å². The number of rotatable bonds is 2. The number of halogens is 4. The van der Waals surface area contributed by atoms with Gasteiger partial charge in [0.2, 0.25) is 0 Å². The number of carbonyl (C=O) groups excluding carboxylic acids is 1. The van der Waals surface area contributed by atoms with Crippen molar-refractivity contribution in [1.82, 2.24) is 15.5 Å². The minimum absolute atomic E-state index is 0. The molecule has 6 nitrogen and oxygen atoms in total. The lowest BCUT2D eigenvalue weighted by atomic mass is 10.1. The van der Waals surface area contributed by atoms with Crippen molar-refractivity contribution in [2.75, 3.05) is 26.7 Å². The number of nitrogens with one attached hydrogen (secondary N) is 2. The Morgan fingerprint density at radius 1 is 1.26 bits per heavy atom. The van der Waals surface area contributed by atoms with Gasteiger partial charge in [-0.25, -0.2) is 4.79 Å². The number of aliphatic imine (C=N–C) groups is 1. The molecular weight excluding hydrogens is 524 g/mol. The Morgan fingerprint density at radius 3 is 2.45 bits per heavy atom. The second kappa shape index (κ2) is 11.5. The van der Waals surface area contributed by atoms with Crippen molar-refractivity contribution < 1.29 is 22.7 Å². The summed E-state index contributed by atoms with van der Waals surface area (Å²) >= 11 is 0. The molecule has 10 heteroatoms. The van der Waals surface area contributed by atoms with Crippen molar-refractivity contribution in [1.29, 1.82) is 0 Å². The zero-order chi connectivity index (χ0) is 22.4. The van der Waals surface area contributed by atoms with Crippen molar-refractivity contribution in [3.8, 4) is 11.8 Å². The summed E-state index contributed by atoms with van der Waals surface area (Å²) in [5.74, 6) is 6.34. The summed E-state index contributed by atoms with van der Waals surface area (Å²) in [6.07, 6.45) is -4.04. The minimum atomic E-state index is -4.36. The Kier molecular flexibility index (Phi) is 9.93. The Morgan fingerprint density at radius 2 is 1.90 bits per heavy atom. The second-order valence-electron chi connectivity index (χ2n) is 7.86. The van der Waals surface area contributed by atoms with E-state index >= 15 is 0 Å². The van der Waals surface area contributed by atoms with Crippen LogP contribution < -0.4 is 10.6 Å². The van der Waals surface area contributed by atoms with Crippen LogP contribution in [-0.2, 0) is 10.9 Å². The molecule has 0 unspecified atom stereocenters. The smallest absolute Gasteiger partial charge is 0.416 e. The highest BCUT2D eigenvalue weighted by Crippen LogP contribution is 2.28. The van der Waals surface area contributed by atoms with Crippen LogP contribution in [0.3, 0.4) is 0 Å². The van der Waals surface area contributed by atoms with E-state index in [0.29, 0.717) is 24.6 Å². The third-order valence-corrected chi connectivity index (χ3v) is 4.20. The number of hydrogen-bond donors (Lipinski definition) is 2. The summed E-state index contributed by atoms with van der Waals surface area (Å²) in [5.41, 5.74) is -0.746. The van der Waals surface area contributed by atoms with Crippen LogP contribution in [0.15, 0.2) is 29.3 Å². The largest absolute Gasteiger partial charge is 0.444 e. The van der Waals surface area contributed by atoms with E-state index in [-0.39, 0.29) is 36.6 Å². The first-order valence-electron chi connectivity index (χ1n) is 9.59. The van der Waals surface area contributed by atoms with Crippen molar-refractivity contribution >= 4 is 36.0 Å². The number of benzene rings is 1. The molecule has 172 valence electrons. The maximum atomic E-state index is 12.6. The van der Waals surface area contributed by atoms with Crippen molar-refractivity contribution in [2.24, 2.45) is 4.99 Å². The van der Waals surface area contributed by atoms with Gasteiger partial charge in [0.1, 0.15) is 5.60 Å². The lowest BCUT2D eigenvalue weighted by molar-refractivity contribution is -0.137. The molecule has 0 bridgehead atoms. The van der Waals surface area contributed by atoms with E-state index in [0.717, 1.165) is 18.6 Å². The van der Waals surface area contributed by atoms with Crippen LogP contribution in [0.4, 0.5) is 18.0 Å². The fourth-order valence-electron chi connectivity index (χ4n) is 2.89. The Labute approximate surface area is 198 Å². The fraction of sp³-hybridized carbons (Fsp3) is 0.524. The fourth-order valence-corrected chi connectivity index (χ4v) is 2.89. The molecule has 1 fully saturated rings. The molecule has 0 aliphatic carbocycles. The van der Waals surface area contributed by atoms with Crippen LogP contribution in [0.1, 0.15) is 38.3 Å². The Bertz CT molecular complexity index is 824. The van der Waals surface area contributed by atoms with Crippen LogP contribution in [0.25, 0.3) is 0 Å². The number of guanidine groups is 1. The van der Waals surface area contributed by atoms with Crippen LogP contribution in [-0.4, -0.2) is 55.3 Å². The predicted octanol–water partition coefficient (Wildman–Crippen LogP) is 3.85. The number of hydrogen-bond acceptors (Lipinski definition) is 3. The average Bonchev–Trinajstić information content (AvgIpc) is 3.07. The third kappa shape index (κ3) is 9.25. The first-order chi connectivity index (χ1) is 14.0. The van der Waals surface area contributed by atoms with E-state index in [4.69, 9.17) is 4.74 Å². The molecule has 31 heavy (non-hydrogen) atoms. The first kappa shape index (κ1) is 26.9. The molecule has 2 rings (SSSR count). The molecule has 0 radical (unpaired) electrons. The molecule has 0 spiro atoms. The van der Waals surface area contributed by atoms with Crippen molar-refractivity contribution in [3.05, 3.63) is 35.4 Å². The van der Waals surface area contributed by atoms with Gasteiger partial charge in [0.05, 0.1) is 18.2 Å². The van der Waals surface area contributed by atoms with Gasteiger partial charge in [-0.3, -0.25) is 4.99 Å². The van der Waals surface area contributed by atoms with E-state index in [1.165, 1.54) is 12.1 Å². The molecule has 1 amide bonds. The van der Waals surface area contributed by atoms with Crippen LogP contribution in [0, 0.1) is 11.8 Å². The quantitative estimate of drug-likeness (QED) is 0.253. The lowest BCUT2D eigenvalue weighted by Gasteiger charge is -2.23. The molecule has 1 atom stereocenters. The summed E-state index contributed by atoms with van der Waals surface area (Å²) in [4.78, 5) is 18.1. The highest BCUT2D eigenvalue weighted by Gasteiger charge is 2.30. The second-order valence-corrected chi connectivity index (χ2v) is 7.86. The van der Waals surface area contributed by atoms with E-state index in [9.17, 15) is 18.0 Å². The number of carbonyl (C=O) groups is 1. The number of likely N-dealkylation sites (tertiary alicyclic amines) is 1. The van der Waals surface area contributed by atoms with Crippen LogP contribution in [0.5, 0.6) is 0 Å². The minimum Gasteiger partial charge on any atom is -0.444 e. The summed E-state index contributed by atoms with van der Waals surface area (Å²) in [6.45, 7) is 7.02. The summed E-state index contributed by atoms with van der Waals surface area (Å²) in [7, 11) is 1.65. The Hall–Kier alpha value is -2.16. The molecule has 0 aromatic heterocycles. The topological polar surface area (TPSA) is 66.0 Å². The van der Waals surface area contributed by atoms with Gasteiger partial charge in [-0.1, -0.05) is 11.8 Å². The highest BCUT2D eigenvalue weighted by atomic mass is 127. The van der Waals surface area contributed by atoms with Gasteiger partial charge < -0.3 is 20.3 Å². The molecule has 1 aromatic rings. The molecule has 1 saturated heterocycles. The third-order valence-electron chi connectivity index (χ3n) is 4.20. The Balaban J connectivity index is 0.00000480. The molecule has 1 aliphatic rings. The first-order valence-corrected chi connectivity index (χ1v) is 9.59. The molecule has 1 heterocycles. The average molecular weight is 552 g/mol. The highest BCUT2D eigenvalue weighted by molar-refractivity contribution is 14.0.